The van der Waals surface area contributed by atoms with Gasteiger partial charge in [-0.15, -0.1) is 0 Å². The van der Waals surface area contributed by atoms with E-state index in [0.29, 0.717) is 38.7 Å². The Hall–Kier alpha value is -2.22. The molecule has 1 aliphatic heterocycles. The van der Waals surface area contributed by atoms with Crippen molar-refractivity contribution in [1.82, 2.24) is 15.4 Å². The molecule has 2 aromatic rings. The molecule has 1 aromatic heterocycles. The molecule has 7 heteroatoms. The molecule has 1 fully saturated rings. The molecule has 2 heterocycles. The lowest BCUT2D eigenvalue weighted by atomic mass is 10.2. The van der Waals surface area contributed by atoms with E-state index in [9.17, 15) is 4.79 Å². The maximum atomic E-state index is 12.1. The van der Waals surface area contributed by atoms with Crippen LogP contribution in [-0.2, 0) is 22.6 Å². The summed E-state index contributed by atoms with van der Waals surface area (Å²) in [6, 6.07) is 11.9. The van der Waals surface area contributed by atoms with Gasteiger partial charge < -0.3 is 19.3 Å². The predicted octanol–water partition coefficient (Wildman–Crippen LogP) is 1.45. The minimum absolute atomic E-state index is 0.110. The molecule has 0 bridgehead atoms. The van der Waals surface area contributed by atoms with Crippen molar-refractivity contribution < 1.29 is 18.8 Å². The van der Waals surface area contributed by atoms with Gasteiger partial charge in [0, 0.05) is 19.2 Å². The molecular formula is C18H23N3O4. The first-order valence-electron chi connectivity index (χ1n) is 8.36. The van der Waals surface area contributed by atoms with Crippen LogP contribution < -0.4 is 5.32 Å². The van der Waals surface area contributed by atoms with Crippen LogP contribution >= 0.6 is 0 Å². The third-order valence-corrected chi connectivity index (χ3v) is 3.89. The van der Waals surface area contributed by atoms with E-state index in [4.69, 9.17) is 14.0 Å². The van der Waals surface area contributed by atoms with E-state index in [1.54, 1.807) is 6.07 Å². The highest BCUT2D eigenvalue weighted by atomic mass is 16.6. The van der Waals surface area contributed by atoms with E-state index >= 15 is 0 Å². The van der Waals surface area contributed by atoms with Gasteiger partial charge in [-0.1, -0.05) is 35.5 Å². The minimum atomic E-state index is -0.269. The van der Waals surface area contributed by atoms with E-state index in [1.807, 2.05) is 25.2 Å². The summed E-state index contributed by atoms with van der Waals surface area (Å²) in [4.78, 5) is 14.2. The molecule has 1 saturated heterocycles. The Balaban J connectivity index is 1.46. The summed E-state index contributed by atoms with van der Waals surface area (Å²) in [7, 11) is 2.00. The van der Waals surface area contributed by atoms with Crippen molar-refractivity contribution in [3.63, 3.8) is 0 Å². The van der Waals surface area contributed by atoms with Crippen LogP contribution in [0.2, 0.25) is 0 Å². The quantitative estimate of drug-likeness (QED) is 0.818. The monoisotopic (exact) mass is 345 g/mol. The SMILES string of the molecule is CN(Cc1ccccc1)Cc1cc(C(=O)NCC2COCCO2)no1. The number of ether oxygens (including phenoxy) is 2. The molecule has 1 aromatic carbocycles. The molecule has 1 atom stereocenters. The number of carbonyl (C=O) groups excluding carboxylic acids is 1. The van der Waals surface area contributed by atoms with Crippen LogP contribution in [-0.4, -0.2) is 55.5 Å². The second-order valence-corrected chi connectivity index (χ2v) is 6.11. The van der Waals surface area contributed by atoms with Gasteiger partial charge in [-0.3, -0.25) is 9.69 Å². The largest absolute Gasteiger partial charge is 0.376 e. The molecule has 0 aliphatic carbocycles. The zero-order valence-electron chi connectivity index (χ0n) is 14.3. The van der Waals surface area contributed by atoms with Crippen LogP contribution in [0.5, 0.6) is 0 Å². The Labute approximate surface area is 146 Å². The predicted molar refractivity (Wildman–Crippen MR) is 91.0 cm³/mol. The van der Waals surface area contributed by atoms with Crippen LogP contribution in [0, 0.1) is 0 Å². The second-order valence-electron chi connectivity index (χ2n) is 6.11. The van der Waals surface area contributed by atoms with Gasteiger partial charge in [-0.2, -0.15) is 0 Å². The second kappa shape index (κ2) is 8.75. The first-order chi connectivity index (χ1) is 12.2. The van der Waals surface area contributed by atoms with Crippen molar-refractivity contribution in [2.45, 2.75) is 19.2 Å². The average molecular weight is 345 g/mol. The molecule has 3 rings (SSSR count). The van der Waals surface area contributed by atoms with E-state index in [1.165, 1.54) is 5.56 Å². The Morgan fingerprint density at radius 2 is 2.12 bits per heavy atom. The molecule has 134 valence electrons. The molecule has 0 spiro atoms. The van der Waals surface area contributed by atoms with Crippen LogP contribution in [0.3, 0.4) is 0 Å². The number of hydrogen-bond acceptors (Lipinski definition) is 6. The number of benzene rings is 1. The number of hydrogen-bond donors (Lipinski definition) is 1. The van der Waals surface area contributed by atoms with Gasteiger partial charge in [-0.05, 0) is 12.6 Å². The summed E-state index contributed by atoms with van der Waals surface area (Å²) in [5.74, 6) is 0.385. The molecule has 0 radical (unpaired) electrons. The van der Waals surface area contributed by atoms with Gasteiger partial charge in [0.15, 0.2) is 11.5 Å². The molecule has 0 saturated carbocycles. The summed E-state index contributed by atoms with van der Waals surface area (Å²) >= 11 is 0. The van der Waals surface area contributed by atoms with Gasteiger partial charge in [0.1, 0.15) is 0 Å². The molecule has 1 amide bonds. The van der Waals surface area contributed by atoms with Crippen molar-refractivity contribution >= 4 is 5.91 Å². The summed E-state index contributed by atoms with van der Waals surface area (Å²) in [6.45, 7) is 3.43. The van der Waals surface area contributed by atoms with E-state index in [-0.39, 0.29) is 17.7 Å². The fraction of sp³-hybridized carbons (Fsp3) is 0.444. The number of amides is 1. The fourth-order valence-corrected chi connectivity index (χ4v) is 2.66. The Kier molecular flexibility index (Phi) is 6.16. The van der Waals surface area contributed by atoms with Gasteiger partial charge in [0.2, 0.25) is 0 Å². The Bertz CT molecular complexity index is 668. The van der Waals surface area contributed by atoms with Crippen molar-refractivity contribution in [2.75, 3.05) is 33.4 Å². The molecule has 1 aliphatic rings. The van der Waals surface area contributed by atoms with Crippen LogP contribution in [0.1, 0.15) is 21.8 Å². The van der Waals surface area contributed by atoms with Crippen LogP contribution in [0.15, 0.2) is 40.9 Å². The third kappa shape index (κ3) is 5.38. The molecule has 1 N–H and O–H groups in total. The first-order valence-corrected chi connectivity index (χ1v) is 8.36. The normalized spacial score (nSPS) is 17.6. The van der Waals surface area contributed by atoms with E-state index < -0.39 is 0 Å². The Morgan fingerprint density at radius 1 is 1.28 bits per heavy atom. The fourth-order valence-electron chi connectivity index (χ4n) is 2.66. The topological polar surface area (TPSA) is 76.8 Å². The van der Waals surface area contributed by atoms with Crippen LogP contribution in [0.25, 0.3) is 0 Å². The molecule has 1 unspecified atom stereocenters. The summed E-state index contributed by atoms with van der Waals surface area (Å²) in [6.07, 6.45) is -0.110. The highest BCUT2D eigenvalue weighted by molar-refractivity contribution is 5.92. The van der Waals surface area contributed by atoms with Gasteiger partial charge in [0.25, 0.3) is 5.91 Å². The van der Waals surface area contributed by atoms with E-state index in [2.05, 4.69) is 27.5 Å². The number of nitrogens with one attached hydrogen (secondary N) is 1. The third-order valence-electron chi connectivity index (χ3n) is 3.89. The van der Waals surface area contributed by atoms with Crippen molar-refractivity contribution in [3.05, 3.63) is 53.4 Å². The van der Waals surface area contributed by atoms with Gasteiger partial charge >= 0.3 is 0 Å². The number of aromatic nitrogens is 1. The average Bonchev–Trinajstić information content (AvgIpc) is 3.10. The molecule has 7 nitrogen and oxygen atoms in total. The maximum absolute atomic E-state index is 12.1. The van der Waals surface area contributed by atoms with Gasteiger partial charge in [0.05, 0.1) is 32.5 Å². The number of carbonyl (C=O) groups is 1. The number of nitrogens with zero attached hydrogens (tertiary/aromatic N) is 2. The standard InChI is InChI=1S/C18H23N3O4/c1-21(11-14-5-3-2-4-6-14)12-15-9-17(20-25-15)18(22)19-10-16-13-23-7-8-24-16/h2-6,9,16H,7-8,10-13H2,1H3,(H,19,22). The lowest BCUT2D eigenvalue weighted by Gasteiger charge is -2.22. The van der Waals surface area contributed by atoms with Crippen LogP contribution in [0.4, 0.5) is 0 Å². The first kappa shape index (κ1) is 17.6. The van der Waals surface area contributed by atoms with Crippen molar-refractivity contribution in [3.8, 4) is 0 Å². The highest BCUT2D eigenvalue weighted by Crippen LogP contribution is 2.10. The summed E-state index contributed by atoms with van der Waals surface area (Å²) in [5.41, 5.74) is 1.50. The summed E-state index contributed by atoms with van der Waals surface area (Å²) in [5, 5.41) is 6.65. The van der Waals surface area contributed by atoms with Gasteiger partial charge in [-0.25, -0.2) is 0 Å². The maximum Gasteiger partial charge on any atom is 0.273 e. The highest BCUT2D eigenvalue weighted by Gasteiger charge is 2.18. The van der Waals surface area contributed by atoms with E-state index in [0.717, 1.165) is 6.54 Å². The zero-order chi connectivity index (χ0) is 17.5. The molecule has 25 heavy (non-hydrogen) atoms. The lowest BCUT2D eigenvalue weighted by Crippen LogP contribution is -2.39. The lowest BCUT2D eigenvalue weighted by molar-refractivity contribution is -0.0855. The van der Waals surface area contributed by atoms with Crippen molar-refractivity contribution in [1.29, 1.82) is 0 Å². The summed E-state index contributed by atoms with van der Waals surface area (Å²) < 4.78 is 16.1. The smallest absolute Gasteiger partial charge is 0.273 e. The molecular weight excluding hydrogens is 322 g/mol. The van der Waals surface area contributed by atoms with Crippen molar-refractivity contribution in [2.24, 2.45) is 0 Å². The number of rotatable bonds is 7. The Morgan fingerprint density at radius 3 is 2.88 bits per heavy atom. The zero-order valence-corrected chi connectivity index (χ0v) is 14.3. The minimum Gasteiger partial charge on any atom is -0.376 e.